The predicted molar refractivity (Wildman–Crippen MR) is 135 cm³/mol. The zero-order chi connectivity index (χ0) is 25.1. The van der Waals surface area contributed by atoms with E-state index in [0.717, 1.165) is 23.1 Å². The Bertz CT molecular complexity index is 1210. The summed E-state index contributed by atoms with van der Waals surface area (Å²) in [6.45, 7) is 8.81. The third kappa shape index (κ3) is 5.26. The van der Waals surface area contributed by atoms with Crippen molar-refractivity contribution in [2.45, 2.75) is 59.2 Å². The molecule has 1 unspecified atom stereocenters. The van der Waals surface area contributed by atoms with Gasteiger partial charge >= 0.3 is 0 Å². The highest BCUT2D eigenvalue weighted by molar-refractivity contribution is 5.91. The van der Waals surface area contributed by atoms with E-state index in [-0.39, 0.29) is 30.5 Å². The van der Waals surface area contributed by atoms with Crippen LogP contribution in [0.2, 0.25) is 0 Å². The van der Waals surface area contributed by atoms with Crippen molar-refractivity contribution >= 4 is 11.8 Å². The molecule has 1 atom stereocenters. The van der Waals surface area contributed by atoms with E-state index in [4.69, 9.17) is 9.15 Å². The number of nitrogens with zero attached hydrogens (tertiary/aromatic N) is 2. The summed E-state index contributed by atoms with van der Waals surface area (Å²) in [5.74, 6) is 1.59. The molecule has 6 heteroatoms. The quantitative estimate of drug-likeness (QED) is 0.452. The molecule has 2 aromatic carbocycles. The first-order valence-corrected chi connectivity index (χ1v) is 12.3. The Labute approximate surface area is 207 Å². The Morgan fingerprint density at radius 2 is 1.94 bits per heavy atom. The number of rotatable bonds is 7. The van der Waals surface area contributed by atoms with Crippen LogP contribution in [0.3, 0.4) is 0 Å². The molecule has 184 valence electrons. The van der Waals surface area contributed by atoms with E-state index in [2.05, 4.69) is 31.2 Å². The molecular formula is C29H34N2O4. The van der Waals surface area contributed by atoms with Crippen LogP contribution >= 0.6 is 0 Å². The molecule has 2 heterocycles. The second-order valence-corrected chi connectivity index (χ2v) is 9.43. The van der Waals surface area contributed by atoms with E-state index in [1.807, 2.05) is 43.9 Å². The van der Waals surface area contributed by atoms with Crippen molar-refractivity contribution < 1.29 is 18.7 Å². The molecule has 0 saturated carbocycles. The lowest BCUT2D eigenvalue weighted by Gasteiger charge is -2.38. The number of carbonyl (C=O) groups is 2. The van der Waals surface area contributed by atoms with Crippen LogP contribution in [0.5, 0.6) is 5.75 Å². The van der Waals surface area contributed by atoms with Crippen molar-refractivity contribution in [3.63, 3.8) is 0 Å². The van der Waals surface area contributed by atoms with Gasteiger partial charge in [0.1, 0.15) is 18.1 Å². The van der Waals surface area contributed by atoms with Gasteiger partial charge in [0.05, 0.1) is 6.04 Å². The van der Waals surface area contributed by atoms with Crippen LogP contribution < -0.4 is 4.74 Å². The fraction of sp³-hybridized carbons (Fsp3) is 0.379. The van der Waals surface area contributed by atoms with Gasteiger partial charge in [-0.25, -0.2) is 0 Å². The molecule has 2 amide bonds. The summed E-state index contributed by atoms with van der Waals surface area (Å²) < 4.78 is 11.8. The van der Waals surface area contributed by atoms with Gasteiger partial charge in [-0.15, -0.1) is 0 Å². The van der Waals surface area contributed by atoms with Crippen LogP contribution in [-0.2, 0) is 17.8 Å². The normalized spacial score (nSPS) is 15.1. The first-order chi connectivity index (χ1) is 16.8. The number of furan rings is 1. The second kappa shape index (κ2) is 10.4. The lowest BCUT2D eigenvalue weighted by atomic mass is 9.87. The van der Waals surface area contributed by atoms with Crippen molar-refractivity contribution in [2.24, 2.45) is 0 Å². The molecule has 0 spiro atoms. The second-order valence-electron chi connectivity index (χ2n) is 9.43. The average molecular weight is 475 g/mol. The van der Waals surface area contributed by atoms with E-state index < -0.39 is 0 Å². The highest BCUT2D eigenvalue weighted by Gasteiger charge is 2.31. The summed E-state index contributed by atoms with van der Waals surface area (Å²) in [6, 6.07) is 17.9. The van der Waals surface area contributed by atoms with Crippen LogP contribution in [-0.4, -0.2) is 41.2 Å². The van der Waals surface area contributed by atoms with Gasteiger partial charge in [-0.1, -0.05) is 42.8 Å². The van der Waals surface area contributed by atoms with E-state index in [9.17, 15) is 9.59 Å². The van der Waals surface area contributed by atoms with Gasteiger partial charge < -0.3 is 19.0 Å². The molecule has 0 bridgehead atoms. The summed E-state index contributed by atoms with van der Waals surface area (Å²) in [7, 11) is 1.76. The largest absolute Gasteiger partial charge is 0.486 e. The first-order valence-electron chi connectivity index (χ1n) is 12.3. The smallest absolute Gasteiger partial charge is 0.289 e. The highest BCUT2D eigenvalue weighted by atomic mass is 16.5. The van der Waals surface area contributed by atoms with Crippen molar-refractivity contribution in [3.8, 4) is 5.75 Å². The van der Waals surface area contributed by atoms with Crippen molar-refractivity contribution in [3.05, 3.63) is 88.4 Å². The van der Waals surface area contributed by atoms with Crippen LogP contribution in [0.1, 0.15) is 71.8 Å². The summed E-state index contributed by atoms with van der Waals surface area (Å²) in [4.78, 5) is 29.0. The number of carbonyl (C=O) groups excluding carboxylic acids is 2. The van der Waals surface area contributed by atoms with E-state index in [0.29, 0.717) is 30.2 Å². The molecule has 1 aliphatic heterocycles. The molecule has 35 heavy (non-hydrogen) atoms. The number of hydrogen-bond donors (Lipinski definition) is 0. The minimum Gasteiger partial charge on any atom is -0.486 e. The number of fused-ring (bicyclic) bond motifs is 1. The third-order valence-corrected chi connectivity index (χ3v) is 6.67. The van der Waals surface area contributed by atoms with Gasteiger partial charge in [0.15, 0.2) is 5.76 Å². The van der Waals surface area contributed by atoms with Crippen LogP contribution in [0.25, 0.3) is 0 Å². The highest BCUT2D eigenvalue weighted by Crippen LogP contribution is 2.38. The Balaban J connectivity index is 1.57. The predicted octanol–water partition coefficient (Wildman–Crippen LogP) is 5.53. The standard InChI is InChI=1S/C29H34N2O4/c1-6-27(32)31-15-14-21-10-11-23(17-25(21)28(31)22-9-7-8-20(4)16-22)34-18-24-12-13-26(35-24)29(33)30(5)19(2)3/h7-13,16-17,19,28H,6,14-15,18H2,1-5H3. The average Bonchev–Trinajstić information content (AvgIpc) is 3.34. The summed E-state index contributed by atoms with van der Waals surface area (Å²) in [6.07, 6.45) is 1.29. The number of amides is 2. The minimum absolute atomic E-state index is 0.0864. The zero-order valence-corrected chi connectivity index (χ0v) is 21.2. The molecular weight excluding hydrogens is 440 g/mol. The number of benzene rings is 2. The van der Waals surface area contributed by atoms with E-state index >= 15 is 0 Å². The molecule has 1 aliphatic rings. The maximum absolute atomic E-state index is 12.8. The van der Waals surface area contributed by atoms with Gasteiger partial charge in [0, 0.05) is 26.1 Å². The van der Waals surface area contributed by atoms with Crippen LogP contribution in [0.4, 0.5) is 0 Å². The molecule has 6 nitrogen and oxygen atoms in total. The summed E-state index contributed by atoms with van der Waals surface area (Å²) >= 11 is 0. The fourth-order valence-corrected chi connectivity index (χ4v) is 4.49. The van der Waals surface area contributed by atoms with Gasteiger partial charge in [0.2, 0.25) is 5.91 Å². The van der Waals surface area contributed by atoms with Crippen molar-refractivity contribution in [2.75, 3.05) is 13.6 Å². The minimum atomic E-state index is -0.151. The molecule has 1 aromatic heterocycles. The van der Waals surface area contributed by atoms with Gasteiger partial charge in [-0.2, -0.15) is 0 Å². The van der Waals surface area contributed by atoms with E-state index in [1.165, 1.54) is 5.56 Å². The molecule has 0 saturated heterocycles. The van der Waals surface area contributed by atoms with E-state index in [1.54, 1.807) is 24.1 Å². The first kappa shape index (κ1) is 24.6. The number of aryl methyl sites for hydroxylation is 1. The third-order valence-electron chi connectivity index (χ3n) is 6.67. The van der Waals surface area contributed by atoms with Crippen LogP contribution in [0, 0.1) is 6.92 Å². The molecule has 0 aliphatic carbocycles. The number of ether oxygens (including phenoxy) is 1. The SMILES string of the molecule is CCC(=O)N1CCc2ccc(OCc3ccc(C(=O)N(C)C(C)C)o3)cc2C1c1cccc(C)c1. The van der Waals surface area contributed by atoms with Crippen molar-refractivity contribution in [1.82, 2.24) is 9.80 Å². The Morgan fingerprint density at radius 3 is 2.66 bits per heavy atom. The van der Waals surface area contributed by atoms with Gasteiger partial charge in [0.25, 0.3) is 5.91 Å². The van der Waals surface area contributed by atoms with Crippen molar-refractivity contribution in [1.29, 1.82) is 0 Å². The Morgan fingerprint density at radius 1 is 1.14 bits per heavy atom. The fourth-order valence-electron chi connectivity index (χ4n) is 4.49. The molecule has 0 fully saturated rings. The number of hydrogen-bond acceptors (Lipinski definition) is 4. The summed E-state index contributed by atoms with van der Waals surface area (Å²) in [5, 5.41) is 0. The maximum atomic E-state index is 12.8. The molecule has 0 N–H and O–H groups in total. The molecule has 3 aromatic rings. The molecule has 0 radical (unpaired) electrons. The lowest BCUT2D eigenvalue weighted by Crippen LogP contribution is -2.40. The Kier molecular flexibility index (Phi) is 7.29. The van der Waals surface area contributed by atoms with Gasteiger partial charge in [-0.3, -0.25) is 9.59 Å². The van der Waals surface area contributed by atoms with Crippen LogP contribution in [0.15, 0.2) is 59.0 Å². The monoisotopic (exact) mass is 474 g/mol. The summed E-state index contributed by atoms with van der Waals surface area (Å²) in [5.41, 5.74) is 4.59. The zero-order valence-electron chi connectivity index (χ0n) is 21.2. The van der Waals surface area contributed by atoms with Gasteiger partial charge in [-0.05, 0) is 68.1 Å². The Hall–Kier alpha value is -3.54. The molecule has 4 rings (SSSR count). The lowest BCUT2D eigenvalue weighted by molar-refractivity contribution is -0.132. The topological polar surface area (TPSA) is 63.0 Å². The maximum Gasteiger partial charge on any atom is 0.289 e.